The second-order valence-electron chi connectivity index (χ2n) is 7.49. The van der Waals surface area contributed by atoms with Crippen molar-refractivity contribution in [1.82, 2.24) is 0 Å². The van der Waals surface area contributed by atoms with E-state index >= 15 is 0 Å². The van der Waals surface area contributed by atoms with E-state index in [-0.39, 0.29) is 0 Å². The molecule has 1 aromatic carbocycles. The highest BCUT2D eigenvalue weighted by Crippen LogP contribution is 2.23. The van der Waals surface area contributed by atoms with Crippen molar-refractivity contribution in [2.24, 2.45) is 0 Å². The zero-order valence-electron chi connectivity index (χ0n) is 15.5. The lowest BCUT2D eigenvalue weighted by atomic mass is 10.0. The molecule has 0 unspecified atom stereocenters. The summed E-state index contributed by atoms with van der Waals surface area (Å²) in [4.78, 5) is 5.25. The van der Waals surface area contributed by atoms with E-state index in [0.29, 0.717) is 0 Å². The minimum absolute atomic E-state index is 0.866. The highest BCUT2D eigenvalue weighted by molar-refractivity contribution is 5.40. The number of ether oxygens (including phenoxy) is 2. The first-order valence-corrected chi connectivity index (χ1v) is 9.40. The highest BCUT2D eigenvalue weighted by Gasteiger charge is 2.32. The summed E-state index contributed by atoms with van der Waals surface area (Å²) in [6, 6.07) is 7.09. The van der Waals surface area contributed by atoms with Crippen LogP contribution in [-0.4, -0.2) is 66.6 Å². The fourth-order valence-corrected chi connectivity index (χ4v) is 4.28. The first kappa shape index (κ1) is 17.5. The third kappa shape index (κ3) is 4.21. The van der Waals surface area contributed by atoms with E-state index in [2.05, 4.69) is 13.1 Å². The molecule has 0 spiro atoms. The lowest BCUT2D eigenvalue weighted by Crippen LogP contribution is -3.29. The van der Waals surface area contributed by atoms with Gasteiger partial charge in [-0.15, -0.1) is 0 Å². The van der Waals surface area contributed by atoms with Crippen LogP contribution in [0.2, 0.25) is 0 Å². The molecule has 3 N–H and O–H groups in total. The molecule has 0 radical (unpaired) electrons. The molecule has 0 aromatic heterocycles. The minimum Gasteiger partial charge on any atom is -0.497 e. The number of methoxy groups -OCH3 is 2. The van der Waals surface area contributed by atoms with Crippen molar-refractivity contribution >= 4 is 0 Å². The Morgan fingerprint density at radius 3 is 2.29 bits per heavy atom. The first-order valence-electron chi connectivity index (χ1n) is 9.40. The van der Waals surface area contributed by atoms with Gasteiger partial charge in [-0.2, -0.15) is 0 Å². The van der Waals surface area contributed by atoms with Gasteiger partial charge in [0.1, 0.15) is 44.2 Å². The summed E-state index contributed by atoms with van der Waals surface area (Å²) >= 11 is 0. The van der Waals surface area contributed by atoms with Crippen LogP contribution in [0.25, 0.3) is 0 Å². The molecule has 2 aliphatic rings. The Balaban J connectivity index is 1.52. The summed E-state index contributed by atoms with van der Waals surface area (Å²) < 4.78 is 10.9. The summed E-state index contributed by atoms with van der Waals surface area (Å²) in [6.07, 6.45) is 2.73. The van der Waals surface area contributed by atoms with Gasteiger partial charge in [0.2, 0.25) is 0 Å². The predicted octanol–water partition coefficient (Wildman–Crippen LogP) is -2.34. The molecule has 5 nitrogen and oxygen atoms in total. The molecule has 2 aliphatic heterocycles. The molecule has 3 rings (SSSR count). The van der Waals surface area contributed by atoms with E-state index in [1.54, 1.807) is 24.0 Å². The van der Waals surface area contributed by atoms with Crippen LogP contribution in [0.4, 0.5) is 0 Å². The Kier molecular flexibility index (Phi) is 5.98. The Hall–Kier alpha value is -1.30. The van der Waals surface area contributed by atoms with Crippen LogP contribution in [0, 0.1) is 0 Å². The number of piperazine rings is 1. The lowest BCUT2D eigenvalue weighted by Gasteiger charge is -2.37. The molecule has 134 valence electrons. The van der Waals surface area contributed by atoms with Crippen molar-refractivity contribution in [3.05, 3.63) is 23.8 Å². The number of piperidine rings is 1. The zero-order valence-corrected chi connectivity index (χ0v) is 15.5. The number of likely N-dealkylation sites (tertiary alicyclic amines) is 1. The molecule has 24 heavy (non-hydrogen) atoms. The van der Waals surface area contributed by atoms with Crippen LogP contribution in [0.1, 0.15) is 18.4 Å². The summed E-state index contributed by atoms with van der Waals surface area (Å²) in [6.45, 7) is 9.02. The Morgan fingerprint density at radius 1 is 0.958 bits per heavy atom. The summed E-state index contributed by atoms with van der Waals surface area (Å²) in [7, 11) is 5.77. The standard InChI is InChI=1S/C19H31N3O2/c1-20-10-12-22(13-11-20)17-6-8-21(9-7-17)15-16-4-5-18(23-2)14-19(16)24-3/h4-5,14,17H,6-13,15H2,1-3H3/p+3. The molecule has 2 heterocycles. The minimum atomic E-state index is 0.866. The second-order valence-corrected chi connectivity index (χ2v) is 7.49. The largest absolute Gasteiger partial charge is 0.497 e. The molecule has 0 atom stereocenters. The third-order valence-corrected chi connectivity index (χ3v) is 5.95. The molecule has 2 saturated heterocycles. The number of hydrogen-bond acceptors (Lipinski definition) is 2. The van der Waals surface area contributed by atoms with Gasteiger partial charge in [0.25, 0.3) is 0 Å². The normalized spacial score (nSPS) is 30.8. The van der Waals surface area contributed by atoms with Gasteiger partial charge in [0.15, 0.2) is 0 Å². The van der Waals surface area contributed by atoms with Crippen LogP contribution < -0.4 is 24.2 Å². The van der Waals surface area contributed by atoms with Gasteiger partial charge >= 0.3 is 0 Å². The fourth-order valence-electron chi connectivity index (χ4n) is 4.28. The molecule has 0 saturated carbocycles. The fraction of sp³-hybridized carbons (Fsp3) is 0.684. The first-order chi connectivity index (χ1) is 11.7. The topological polar surface area (TPSA) is 31.8 Å². The molecular weight excluding hydrogens is 302 g/mol. The number of likely N-dealkylation sites (N-methyl/N-ethyl adjacent to an activating group) is 1. The van der Waals surface area contributed by atoms with Crippen molar-refractivity contribution in [3.63, 3.8) is 0 Å². The van der Waals surface area contributed by atoms with Crippen LogP contribution in [0.5, 0.6) is 11.5 Å². The van der Waals surface area contributed by atoms with Crippen molar-refractivity contribution in [2.45, 2.75) is 25.4 Å². The smallest absolute Gasteiger partial charge is 0.131 e. The quantitative estimate of drug-likeness (QED) is 0.563. The molecule has 1 aromatic rings. The number of benzene rings is 1. The average molecular weight is 337 g/mol. The number of rotatable bonds is 5. The van der Waals surface area contributed by atoms with Crippen LogP contribution in [0.3, 0.4) is 0 Å². The van der Waals surface area contributed by atoms with Gasteiger partial charge in [0, 0.05) is 24.5 Å². The van der Waals surface area contributed by atoms with E-state index in [0.717, 1.165) is 24.1 Å². The summed E-state index contributed by atoms with van der Waals surface area (Å²) in [5, 5.41) is 0. The molecule has 0 aliphatic carbocycles. The monoisotopic (exact) mass is 336 g/mol. The summed E-state index contributed by atoms with van der Waals surface area (Å²) in [5.74, 6) is 1.82. The van der Waals surface area contributed by atoms with E-state index in [4.69, 9.17) is 9.47 Å². The molecule has 0 bridgehead atoms. The summed E-state index contributed by atoms with van der Waals surface area (Å²) in [5.41, 5.74) is 1.29. The molecular formula is C19H34N3O2+3. The van der Waals surface area contributed by atoms with Gasteiger partial charge in [-0.25, -0.2) is 0 Å². The maximum absolute atomic E-state index is 5.56. The van der Waals surface area contributed by atoms with E-state index in [9.17, 15) is 0 Å². The van der Waals surface area contributed by atoms with Gasteiger partial charge in [-0.1, -0.05) is 0 Å². The van der Waals surface area contributed by atoms with E-state index in [1.807, 2.05) is 17.0 Å². The van der Waals surface area contributed by atoms with E-state index in [1.165, 1.54) is 57.7 Å². The van der Waals surface area contributed by atoms with Crippen LogP contribution >= 0.6 is 0 Å². The number of nitrogens with one attached hydrogen (secondary N) is 3. The van der Waals surface area contributed by atoms with Gasteiger partial charge in [-0.05, 0) is 12.1 Å². The molecule has 2 fully saturated rings. The van der Waals surface area contributed by atoms with Crippen molar-refractivity contribution < 1.29 is 24.2 Å². The second kappa shape index (κ2) is 8.19. The van der Waals surface area contributed by atoms with Crippen LogP contribution in [0.15, 0.2) is 18.2 Å². The number of hydrogen-bond donors (Lipinski definition) is 3. The molecule has 5 heteroatoms. The third-order valence-electron chi connectivity index (χ3n) is 5.95. The lowest BCUT2D eigenvalue weighted by molar-refractivity contribution is -1.02. The highest BCUT2D eigenvalue weighted by atomic mass is 16.5. The molecule has 0 amide bonds. The number of quaternary nitrogens is 3. The Morgan fingerprint density at radius 2 is 1.67 bits per heavy atom. The van der Waals surface area contributed by atoms with Crippen molar-refractivity contribution in [2.75, 3.05) is 60.5 Å². The predicted molar refractivity (Wildman–Crippen MR) is 94.3 cm³/mol. The zero-order chi connectivity index (χ0) is 16.9. The maximum Gasteiger partial charge on any atom is 0.131 e. The van der Waals surface area contributed by atoms with Crippen molar-refractivity contribution in [3.8, 4) is 11.5 Å². The van der Waals surface area contributed by atoms with Gasteiger partial charge < -0.3 is 24.2 Å². The van der Waals surface area contributed by atoms with Gasteiger partial charge in [0.05, 0.1) is 40.4 Å². The van der Waals surface area contributed by atoms with Crippen molar-refractivity contribution in [1.29, 1.82) is 0 Å². The Labute approximate surface area is 146 Å². The van der Waals surface area contributed by atoms with Gasteiger partial charge in [-0.3, -0.25) is 0 Å². The maximum atomic E-state index is 5.56. The average Bonchev–Trinajstić information content (AvgIpc) is 2.63. The Bertz CT molecular complexity index is 521. The SMILES string of the molecule is COc1ccc(C[NH+]2CCC([NH+]3CC[NH+](C)CC3)CC2)c(OC)c1. The van der Waals surface area contributed by atoms with Crippen LogP contribution in [-0.2, 0) is 6.54 Å². The van der Waals surface area contributed by atoms with E-state index < -0.39 is 0 Å².